The lowest BCUT2D eigenvalue weighted by molar-refractivity contribution is 0.802. The Labute approximate surface area is 107 Å². The molecule has 16 heavy (non-hydrogen) atoms. The van der Waals surface area contributed by atoms with Crippen LogP contribution in [0.2, 0.25) is 0 Å². The van der Waals surface area contributed by atoms with E-state index in [0.717, 1.165) is 18.7 Å². The zero-order chi connectivity index (χ0) is 12.0. The van der Waals surface area contributed by atoms with Crippen molar-refractivity contribution in [3.63, 3.8) is 0 Å². The van der Waals surface area contributed by atoms with Crippen LogP contribution in [-0.2, 0) is 6.42 Å². The molecule has 0 saturated carbocycles. The molecule has 0 aromatic carbocycles. The molecule has 3 heteroatoms. The molecule has 0 unspecified atom stereocenters. The predicted octanol–water partition coefficient (Wildman–Crippen LogP) is 4.26. The van der Waals surface area contributed by atoms with Crippen molar-refractivity contribution in [2.45, 2.75) is 38.9 Å². The van der Waals surface area contributed by atoms with Crippen LogP contribution in [0.5, 0.6) is 0 Å². The fourth-order valence-electron chi connectivity index (χ4n) is 1.21. The van der Waals surface area contributed by atoms with E-state index in [9.17, 15) is 0 Å². The first-order valence-corrected chi connectivity index (χ1v) is 7.54. The summed E-state index contributed by atoms with van der Waals surface area (Å²) in [7, 11) is 0. The molecule has 1 nitrogen and oxygen atoms in total. The first-order valence-electron chi connectivity index (χ1n) is 5.74. The average Bonchev–Trinajstić information content (AvgIpc) is 2.63. The van der Waals surface area contributed by atoms with E-state index in [-0.39, 0.29) is 0 Å². The van der Waals surface area contributed by atoms with Crippen molar-refractivity contribution in [2.24, 2.45) is 4.99 Å². The van der Waals surface area contributed by atoms with Crippen LogP contribution in [0.25, 0.3) is 0 Å². The van der Waals surface area contributed by atoms with Crippen LogP contribution < -0.4 is 0 Å². The number of hydrogen-bond donors (Lipinski definition) is 0. The minimum absolute atomic E-state index is 0.355. The Hall–Kier alpha value is -0.280. The lowest BCUT2D eigenvalue weighted by Crippen LogP contribution is -2.09. The van der Waals surface area contributed by atoms with Gasteiger partial charge in [0, 0.05) is 33.0 Å². The van der Waals surface area contributed by atoms with Crippen LogP contribution in [0.15, 0.2) is 17.1 Å². The second kappa shape index (κ2) is 6.45. The van der Waals surface area contributed by atoms with Gasteiger partial charge in [0.05, 0.1) is 0 Å². The van der Waals surface area contributed by atoms with Crippen LogP contribution in [0.1, 0.15) is 37.4 Å². The van der Waals surface area contributed by atoms with Gasteiger partial charge in [-0.2, -0.15) is 11.8 Å². The summed E-state index contributed by atoms with van der Waals surface area (Å²) >= 11 is 3.81. The zero-order valence-corrected chi connectivity index (χ0v) is 12.3. The van der Waals surface area contributed by atoms with Gasteiger partial charge in [0.2, 0.25) is 0 Å². The van der Waals surface area contributed by atoms with Gasteiger partial charge in [0.1, 0.15) is 0 Å². The highest BCUT2D eigenvalue weighted by atomic mass is 32.2. The number of thioether (sulfide) groups is 1. The number of hydrogen-bond acceptors (Lipinski definition) is 3. The summed E-state index contributed by atoms with van der Waals surface area (Å²) in [5.41, 5.74) is 0. The number of aryl methyl sites for hydroxylation is 1. The monoisotopic (exact) mass is 255 g/mol. The van der Waals surface area contributed by atoms with E-state index < -0.39 is 0 Å². The van der Waals surface area contributed by atoms with Crippen molar-refractivity contribution in [1.29, 1.82) is 0 Å². The molecule has 0 N–H and O–H groups in total. The molecule has 1 heterocycles. The highest BCUT2D eigenvalue weighted by Gasteiger charge is 2.08. The number of rotatable bonds is 5. The van der Waals surface area contributed by atoms with Gasteiger partial charge in [-0.15, -0.1) is 11.3 Å². The SMILES string of the molecule is CCc1ccc(C=NCCSC(C)(C)C)s1. The molecule has 0 aliphatic rings. The first kappa shape index (κ1) is 13.8. The molecule has 0 aliphatic heterocycles. The molecule has 0 spiro atoms. The highest BCUT2D eigenvalue weighted by molar-refractivity contribution is 8.00. The number of aliphatic imine (C=N–C) groups is 1. The van der Waals surface area contributed by atoms with Crippen molar-refractivity contribution in [1.82, 2.24) is 0 Å². The van der Waals surface area contributed by atoms with Crippen LogP contribution in [0.4, 0.5) is 0 Å². The molecule has 0 bridgehead atoms. The van der Waals surface area contributed by atoms with E-state index in [1.165, 1.54) is 9.75 Å². The minimum Gasteiger partial charge on any atom is -0.291 e. The van der Waals surface area contributed by atoms with Crippen molar-refractivity contribution < 1.29 is 0 Å². The topological polar surface area (TPSA) is 12.4 Å². The molecule has 1 aromatic heterocycles. The van der Waals surface area contributed by atoms with Crippen LogP contribution in [0, 0.1) is 0 Å². The summed E-state index contributed by atoms with van der Waals surface area (Å²) in [5, 5.41) is 0. The Morgan fingerprint density at radius 2 is 2.12 bits per heavy atom. The molecular weight excluding hydrogens is 234 g/mol. The molecule has 0 fully saturated rings. The molecule has 0 atom stereocenters. The van der Waals surface area contributed by atoms with E-state index in [2.05, 4.69) is 44.8 Å². The Morgan fingerprint density at radius 3 is 2.69 bits per heavy atom. The zero-order valence-electron chi connectivity index (χ0n) is 10.6. The third-order valence-corrected chi connectivity index (χ3v) is 4.42. The quantitative estimate of drug-likeness (QED) is 0.565. The van der Waals surface area contributed by atoms with E-state index in [1.807, 2.05) is 29.3 Å². The maximum atomic E-state index is 4.46. The number of thiophene rings is 1. The van der Waals surface area contributed by atoms with Gasteiger partial charge in [-0.1, -0.05) is 27.7 Å². The predicted molar refractivity (Wildman–Crippen MR) is 78.4 cm³/mol. The minimum atomic E-state index is 0.355. The molecular formula is C13H21NS2. The summed E-state index contributed by atoms with van der Waals surface area (Å²) in [6, 6.07) is 4.35. The smallest absolute Gasteiger partial charge is 0.0480 e. The largest absolute Gasteiger partial charge is 0.291 e. The van der Waals surface area contributed by atoms with Crippen LogP contribution in [-0.4, -0.2) is 23.3 Å². The Morgan fingerprint density at radius 1 is 1.38 bits per heavy atom. The Balaban J connectivity index is 2.27. The van der Waals surface area contributed by atoms with E-state index in [1.54, 1.807) is 0 Å². The maximum absolute atomic E-state index is 4.46. The lowest BCUT2D eigenvalue weighted by atomic mass is 10.3. The standard InChI is InChI=1S/C13H21NS2/c1-5-11-6-7-12(16-11)10-14-8-9-15-13(2,3)4/h6-7,10H,5,8-9H2,1-4H3. The highest BCUT2D eigenvalue weighted by Crippen LogP contribution is 2.22. The molecule has 90 valence electrons. The van der Waals surface area contributed by atoms with Gasteiger partial charge in [0.25, 0.3) is 0 Å². The second-order valence-electron chi connectivity index (χ2n) is 4.65. The fraction of sp³-hybridized carbons (Fsp3) is 0.615. The van der Waals surface area contributed by atoms with Gasteiger partial charge in [-0.3, -0.25) is 4.99 Å². The first-order chi connectivity index (χ1) is 7.51. The second-order valence-corrected chi connectivity index (χ2v) is 7.78. The molecule has 1 aromatic rings. The summed E-state index contributed by atoms with van der Waals surface area (Å²) in [6.07, 6.45) is 3.13. The summed E-state index contributed by atoms with van der Waals surface area (Å²) in [5.74, 6) is 1.10. The molecule has 1 rings (SSSR count). The van der Waals surface area contributed by atoms with Crippen LogP contribution >= 0.6 is 23.1 Å². The van der Waals surface area contributed by atoms with Gasteiger partial charge in [-0.25, -0.2) is 0 Å². The Bertz CT molecular complexity index is 334. The normalized spacial score (nSPS) is 12.5. The van der Waals surface area contributed by atoms with Crippen molar-refractivity contribution in [3.05, 3.63) is 21.9 Å². The summed E-state index contributed by atoms with van der Waals surface area (Å²) in [6.45, 7) is 9.84. The van der Waals surface area contributed by atoms with E-state index >= 15 is 0 Å². The van der Waals surface area contributed by atoms with Crippen LogP contribution in [0.3, 0.4) is 0 Å². The van der Waals surface area contributed by atoms with Gasteiger partial charge in [0.15, 0.2) is 0 Å². The van der Waals surface area contributed by atoms with E-state index in [4.69, 9.17) is 0 Å². The lowest BCUT2D eigenvalue weighted by Gasteiger charge is -2.16. The van der Waals surface area contributed by atoms with Crippen molar-refractivity contribution >= 4 is 29.3 Å². The van der Waals surface area contributed by atoms with Gasteiger partial charge in [-0.05, 0) is 18.6 Å². The summed E-state index contributed by atoms with van der Waals surface area (Å²) < 4.78 is 0.355. The van der Waals surface area contributed by atoms with Crippen molar-refractivity contribution in [2.75, 3.05) is 12.3 Å². The molecule has 0 aliphatic carbocycles. The van der Waals surface area contributed by atoms with Crippen molar-refractivity contribution in [3.8, 4) is 0 Å². The summed E-state index contributed by atoms with van der Waals surface area (Å²) in [4.78, 5) is 7.17. The Kier molecular flexibility index (Phi) is 5.56. The third-order valence-electron chi connectivity index (χ3n) is 2.00. The molecule has 0 radical (unpaired) electrons. The molecule has 0 saturated heterocycles. The molecule has 0 amide bonds. The van der Waals surface area contributed by atoms with Gasteiger partial charge < -0.3 is 0 Å². The van der Waals surface area contributed by atoms with E-state index in [0.29, 0.717) is 4.75 Å². The third kappa shape index (κ3) is 5.71. The van der Waals surface area contributed by atoms with Gasteiger partial charge >= 0.3 is 0 Å². The average molecular weight is 255 g/mol. The number of nitrogens with zero attached hydrogens (tertiary/aromatic N) is 1. The fourth-order valence-corrected chi connectivity index (χ4v) is 2.87. The maximum Gasteiger partial charge on any atom is 0.0480 e.